The Kier molecular flexibility index (Phi) is 2.95. The van der Waals surface area contributed by atoms with Gasteiger partial charge in [-0.25, -0.2) is 0 Å². The Labute approximate surface area is 124 Å². The van der Waals surface area contributed by atoms with Crippen molar-refractivity contribution in [2.75, 3.05) is 0 Å². The summed E-state index contributed by atoms with van der Waals surface area (Å²) in [5.74, 6) is 0.742. The summed E-state index contributed by atoms with van der Waals surface area (Å²) >= 11 is 0. The van der Waals surface area contributed by atoms with Gasteiger partial charge in [0, 0.05) is 29.3 Å². The van der Waals surface area contributed by atoms with E-state index in [1.807, 2.05) is 19.2 Å². The van der Waals surface area contributed by atoms with Crippen LogP contribution < -0.4 is 0 Å². The zero-order valence-corrected chi connectivity index (χ0v) is 12.1. The first kappa shape index (κ1) is 13.3. The van der Waals surface area contributed by atoms with E-state index in [0.717, 1.165) is 44.5 Å². The number of rotatable bonds is 4. The highest BCUT2D eigenvalue weighted by Gasteiger charge is 2.18. The van der Waals surface area contributed by atoms with Crippen molar-refractivity contribution in [2.45, 2.75) is 0 Å². The number of aryl methyl sites for hydroxylation is 1. The number of hydrogen-bond acceptors (Lipinski definition) is 1. The lowest BCUT2D eigenvalue weighted by Crippen LogP contribution is -1.90. The number of aromatic nitrogens is 1. The first-order valence-electron chi connectivity index (χ1n) is 6.75. The molecule has 3 aromatic rings. The van der Waals surface area contributed by atoms with E-state index in [4.69, 9.17) is 4.42 Å². The Bertz CT molecular complexity index is 918. The van der Waals surface area contributed by atoms with Crippen LogP contribution in [0.2, 0.25) is 0 Å². The van der Waals surface area contributed by atoms with Crippen molar-refractivity contribution in [3.05, 3.63) is 61.0 Å². The fourth-order valence-electron chi connectivity index (χ4n) is 2.98. The SMILES string of the molecule is C=Cc1oc2c(ccc3c2c(C=C)c(C=C)n3C)c1C=C. The van der Waals surface area contributed by atoms with Gasteiger partial charge in [0.15, 0.2) is 0 Å². The Morgan fingerprint density at radius 1 is 0.952 bits per heavy atom. The number of benzene rings is 1. The summed E-state index contributed by atoms with van der Waals surface area (Å²) in [4.78, 5) is 0. The third-order valence-corrected chi connectivity index (χ3v) is 3.96. The topological polar surface area (TPSA) is 18.1 Å². The standard InChI is InChI=1S/C19H17NO/c1-6-12-14-10-11-16-18(19(14)21-17(12)9-4)13(7-2)15(8-3)20(16)5/h6-11H,1-4H2,5H3. The van der Waals surface area contributed by atoms with Gasteiger partial charge in [0.25, 0.3) is 0 Å². The maximum Gasteiger partial charge on any atom is 0.145 e. The zero-order chi connectivity index (χ0) is 15.1. The fraction of sp³-hybridized carbons (Fsp3) is 0.0526. The molecule has 0 atom stereocenters. The lowest BCUT2D eigenvalue weighted by atomic mass is 10.1. The van der Waals surface area contributed by atoms with Crippen LogP contribution in [0.1, 0.15) is 22.6 Å². The molecule has 0 saturated carbocycles. The average molecular weight is 275 g/mol. The molecule has 2 heterocycles. The molecule has 0 spiro atoms. The second-order valence-electron chi connectivity index (χ2n) is 4.89. The molecule has 2 heteroatoms. The third-order valence-electron chi connectivity index (χ3n) is 3.96. The summed E-state index contributed by atoms with van der Waals surface area (Å²) in [6, 6.07) is 4.15. The number of furan rings is 1. The molecule has 0 aliphatic rings. The minimum Gasteiger partial charge on any atom is -0.455 e. The molecule has 21 heavy (non-hydrogen) atoms. The van der Waals surface area contributed by atoms with Crippen LogP contribution >= 0.6 is 0 Å². The number of hydrogen-bond donors (Lipinski definition) is 0. The van der Waals surface area contributed by atoms with E-state index in [-0.39, 0.29) is 0 Å². The van der Waals surface area contributed by atoms with Gasteiger partial charge in [-0.15, -0.1) is 0 Å². The highest BCUT2D eigenvalue weighted by Crippen LogP contribution is 2.38. The predicted octanol–water partition coefficient (Wildman–Crippen LogP) is 5.50. The first-order chi connectivity index (χ1) is 10.2. The van der Waals surface area contributed by atoms with Gasteiger partial charge in [0.2, 0.25) is 0 Å². The van der Waals surface area contributed by atoms with Crippen molar-refractivity contribution in [1.82, 2.24) is 4.57 Å². The summed E-state index contributed by atoms with van der Waals surface area (Å²) in [6.07, 6.45) is 7.21. The molecule has 0 aliphatic heterocycles. The van der Waals surface area contributed by atoms with E-state index in [9.17, 15) is 0 Å². The minimum absolute atomic E-state index is 0.742. The maximum atomic E-state index is 6.02. The molecule has 2 nitrogen and oxygen atoms in total. The molecule has 104 valence electrons. The lowest BCUT2D eigenvalue weighted by molar-refractivity contribution is 0.606. The Hall–Kier alpha value is -2.74. The lowest BCUT2D eigenvalue weighted by Gasteiger charge is -1.98. The summed E-state index contributed by atoms with van der Waals surface area (Å²) in [5.41, 5.74) is 4.97. The number of nitrogens with zero attached hydrogens (tertiary/aromatic N) is 1. The summed E-state index contributed by atoms with van der Waals surface area (Å²) < 4.78 is 8.12. The maximum absolute atomic E-state index is 6.02. The molecule has 2 aromatic heterocycles. The van der Waals surface area contributed by atoms with Crippen LogP contribution in [0.15, 0.2) is 42.9 Å². The van der Waals surface area contributed by atoms with E-state index in [1.54, 1.807) is 12.2 Å². The summed E-state index contributed by atoms with van der Waals surface area (Å²) in [6.45, 7) is 15.5. The van der Waals surface area contributed by atoms with E-state index in [1.165, 1.54) is 0 Å². The van der Waals surface area contributed by atoms with Crippen LogP contribution in [0.3, 0.4) is 0 Å². The monoisotopic (exact) mass is 275 g/mol. The third kappa shape index (κ3) is 1.59. The highest BCUT2D eigenvalue weighted by molar-refractivity contribution is 6.12. The fourth-order valence-corrected chi connectivity index (χ4v) is 2.98. The van der Waals surface area contributed by atoms with Crippen LogP contribution in [0.25, 0.3) is 46.2 Å². The van der Waals surface area contributed by atoms with Crippen LogP contribution in [-0.4, -0.2) is 4.57 Å². The average Bonchev–Trinajstić information content (AvgIpc) is 3.01. The molecule has 0 unspecified atom stereocenters. The van der Waals surface area contributed by atoms with E-state index in [0.29, 0.717) is 0 Å². The van der Waals surface area contributed by atoms with Crippen molar-refractivity contribution >= 4 is 46.2 Å². The van der Waals surface area contributed by atoms with E-state index < -0.39 is 0 Å². The molecule has 0 bridgehead atoms. The van der Waals surface area contributed by atoms with Gasteiger partial charge < -0.3 is 8.98 Å². The summed E-state index contributed by atoms with van der Waals surface area (Å²) in [7, 11) is 2.02. The molecule has 1 aromatic carbocycles. The van der Waals surface area contributed by atoms with Gasteiger partial charge in [0.1, 0.15) is 11.3 Å². The number of fused-ring (bicyclic) bond motifs is 3. The van der Waals surface area contributed by atoms with Crippen LogP contribution in [0.5, 0.6) is 0 Å². The predicted molar refractivity (Wildman–Crippen MR) is 93.1 cm³/mol. The Morgan fingerprint density at radius 2 is 1.67 bits per heavy atom. The van der Waals surface area contributed by atoms with E-state index in [2.05, 4.69) is 43.0 Å². The second kappa shape index (κ2) is 4.67. The van der Waals surface area contributed by atoms with Gasteiger partial charge in [-0.05, 0) is 24.3 Å². The van der Waals surface area contributed by atoms with Gasteiger partial charge >= 0.3 is 0 Å². The smallest absolute Gasteiger partial charge is 0.145 e. The molecule has 0 fully saturated rings. The molecule has 0 radical (unpaired) electrons. The van der Waals surface area contributed by atoms with Crippen molar-refractivity contribution in [3.63, 3.8) is 0 Å². The van der Waals surface area contributed by atoms with Gasteiger partial charge in [0.05, 0.1) is 10.9 Å². The Balaban J connectivity index is 2.63. The van der Waals surface area contributed by atoms with Crippen molar-refractivity contribution in [1.29, 1.82) is 0 Å². The summed E-state index contributed by atoms with van der Waals surface area (Å²) in [5, 5.41) is 2.09. The van der Waals surface area contributed by atoms with E-state index >= 15 is 0 Å². The zero-order valence-electron chi connectivity index (χ0n) is 12.1. The first-order valence-corrected chi connectivity index (χ1v) is 6.75. The van der Waals surface area contributed by atoms with Crippen molar-refractivity contribution < 1.29 is 4.42 Å². The normalized spacial score (nSPS) is 10.9. The molecule has 0 N–H and O–H groups in total. The molecule has 0 aliphatic carbocycles. The van der Waals surface area contributed by atoms with Crippen molar-refractivity contribution in [2.24, 2.45) is 7.05 Å². The minimum atomic E-state index is 0.742. The van der Waals surface area contributed by atoms with Gasteiger partial charge in [-0.1, -0.05) is 38.5 Å². The van der Waals surface area contributed by atoms with Crippen LogP contribution in [-0.2, 0) is 7.05 Å². The largest absolute Gasteiger partial charge is 0.455 e. The molecule has 0 amide bonds. The second-order valence-corrected chi connectivity index (χ2v) is 4.89. The van der Waals surface area contributed by atoms with Gasteiger partial charge in [-0.3, -0.25) is 0 Å². The molecular weight excluding hydrogens is 258 g/mol. The van der Waals surface area contributed by atoms with Crippen LogP contribution in [0, 0.1) is 0 Å². The molecule has 3 rings (SSSR count). The quantitative estimate of drug-likeness (QED) is 0.615. The Morgan fingerprint density at radius 3 is 2.24 bits per heavy atom. The molecular formula is C19H17NO. The highest BCUT2D eigenvalue weighted by atomic mass is 16.3. The van der Waals surface area contributed by atoms with Crippen LogP contribution in [0.4, 0.5) is 0 Å². The van der Waals surface area contributed by atoms with Crippen molar-refractivity contribution in [3.8, 4) is 0 Å². The molecule has 0 saturated heterocycles. The van der Waals surface area contributed by atoms with Gasteiger partial charge in [-0.2, -0.15) is 0 Å².